The number of likely N-dealkylation sites (N-methyl/N-ethyl adjacent to an activating group) is 1. The first-order valence-corrected chi connectivity index (χ1v) is 7.25. The number of nitrogens with zero attached hydrogens (tertiary/aromatic N) is 2. The summed E-state index contributed by atoms with van der Waals surface area (Å²) in [6, 6.07) is 3.08. The van der Waals surface area contributed by atoms with E-state index in [4.69, 9.17) is 4.74 Å². The number of nitrogens with one attached hydrogen (secondary N) is 2. The highest BCUT2D eigenvalue weighted by Crippen LogP contribution is 2.20. The fraction of sp³-hybridized carbons (Fsp3) is 0.467. The van der Waals surface area contributed by atoms with Gasteiger partial charge in [-0.2, -0.15) is 0 Å². The maximum absolute atomic E-state index is 12.6. The van der Waals surface area contributed by atoms with Crippen LogP contribution in [0.2, 0.25) is 0 Å². The van der Waals surface area contributed by atoms with Crippen LogP contribution in [0.25, 0.3) is 0 Å². The number of morpholine rings is 1. The van der Waals surface area contributed by atoms with Crippen molar-refractivity contribution in [3.63, 3.8) is 0 Å². The van der Waals surface area contributed by atoms with Gasteiger partial charge in [-0.1, -0.05) is 0 Å². The number of carbonyl (C=O) groups excluding carboxylic acids is 3. The summed E-state index contributed by atoms with van der Waals surface area (Å²) in [5.74, 6) is -0.465. The lowest BCUT2D eigenvalue weighted by Crippen LogP contribution is -2.58. The molecule has 1 aliphatic rings. The Bertz CT molecular complexity index is 634. The summed E-state index contributed by atoms with van der Waals surface area (Å²) < 4.78 is 5.54. The van der Waals surface area contributed by atoms with Gasteiger partial charge < -0.3 is 20.3 Å². The van der Waals surface area contributed by atoms with E-state index in [1.807, 2.05) is 0 Å². The van der Waals surface area contributed by atoms with E-state index >= 15 is 0 Å². The Morgan fingerprint density at radius 2 is 2.13 bits per heavy atom. The SMILES string of the molecule is CNC(=O)[C@]1(C)CN(C(=O)c2ccnc(NC(C)=O)c2)CCO1. The van der Waals surface area contributed by atoms with Crippen molar-refractivity contribution in [3.05, 3.63) is 23.9 Å². The van der Waals surface area contributed by atoms with E-state index in [9.17, 15) is 14.4 Å². The molecule has 0 unspecified atom stereocenters. The van der Waals surface area contributed by atoms with Crippen LogP contribution >= 0.6 is 0 Å². The predicted octanol–water partition coefficient (Wildman–Crippen LogP) is 0.0171. The molecule has 124 valence electrons. The maximum Gasteiger partial charge on any atom is 0.254 e. The first kappa shape index (κ1) is 16.9. The zero-order valence-corrected chi connectivity index (χ0v) is 13.4. The maximum atomic E-state index is 12.6. The summed E-state index contributed by atoms with van der Waals surface area (Å²) >= 11 is 0. The van der Waals surface area contributed by atoms with E-state index in [0.717, 1.165) is 0 Å². The third-order valence-corrected chi connectivity index (χ3v) is 3.58. The van der Waals surface area contributed by atoms with Crippen LogP contribution in [0.5, 0.6) is 0 Å². The molecule has 2 heterocycles. The molecule has 0 aromatic carbocycles. The molecule has 0 spiro atoms. The Morgan fingerprint density at radius 3 is 2.78 bits per heavy atom. The van der Waals surface area contributed by atoms with Crippen LogP contribution in [0.4, 0.5) is 5.82 Å². The number of hydrogen-bond acceptors (Lipinski definition) is 5. The van der Waals surface area contributed by atoms with E-state index in [-0.39, 0.29) is 30.9 Å². The molecule has 1 saturated heterocycles. The zero-order valence-electron chi connectivity index (χ0n) is 13.4. The summed E-state index contributed by atoms with van der Waals surface area (Å²) in [5.41, 5.74) is -0.680. The first-order chi connectivity index (χ1) is 10.9. The van der Waals surface area contributed by atoms with E-state index in [1.165, 1.54) is 26.2 Å². The Morgan fingerprint density at radius 1 is 1.39 bits per heavy atom. The number of carbonyl (C=O) groups is 3. The van der Waals surface area contributed by atoms with Gasteiger partial charge in [0.05, 0.1) is 13.2 Å². The van der Waals surface area contributed by atoms with Crippen molar-refractivity contribution in [2.45, 2.75) is 19.4 Å². The Kier molecular flexibility index (Phi) is 4.95. The molecule has 1 fully saturated rings. The van der Waals surface area contributed by atoms with Gasteiger partial charge >= 0.3 is 0 Å². The molecule has 1 aromatic heterocycles. The molecular formula is C15H20N4O4. The monoisotopic (exact) mass is 320 g/mol. The predicted molar refractivity (Wildman–Crippen MR) is 82.9 cm³/mol. The molecular weight excluding hydrogens is 300 g/mol. The average Bonchev–Trinajstić information content (AvgIpc) is 2.53. The van der Waals surface area contributed by atoms with E-state index < -0.39 is 5.60 Å². The number of amides is 3. The number of pyridine rings is 1. The lowest BCUT2D eigenvalue weighted by molar-refractivity contribution is -0.153. The van der Waals surface area contributed by atoms with Crippen LogP contribution in [0.15, 0.2) is 18.3 Å². The van der Waals surface area contributed by atoms with Gasteiger partial charge in [-0.05, 0) is 19.1 Å². The summed E-state index contributed by atoms with van der Waals surface area (Å²) in [6.07, 6.45) is 1.46. The van der Waals surface area contributed by atoms with Gasteiger partial charge in [0.25, 0.3) is 11.8 Å². The minimum atomic E-state index is -1.07. The Hall–Kier alpha value is -2.48. The molecule has 0 saturated carbocycles. The van der Waals surface area contributed by atoms with Crippen molar-refractivity contribution >= 4 is 23.5 Å². The largest absolute Gasteiger partial charge is 0.362 e. The van der Waals surface area contributed by atoms with Gasteiger partial charge in [0, 0.05) is 32.3 Å². The summed E-state index contributed by atoms with van der Waals surface area (Å²) in [7, 11) is 1.53. The van der Waals surface area contributed by atoms with Crippen molar-refractivity contribution in [1.29, 1.82) is 0 Å². The highest BCUT2D eigenvalue weighted by atomic mass is 16.5. The molecule has 1 aliphatic heterocycles. The molecule has 3 amide bonds. The molecule has 2 N–H and O–H groups in total. The lowest BCUT2D eigenvalue weighted by atomic mass is 10.0. The summed E-state index contributed by atoms with van der Waals surface area (Å²) in [4.78, 5) is 41.2. The second-order valence-electron chi connectivity index (χ2n) is 5.50. The van der Waals surface area contributed by atoms with Crippen molar-refractivity contribution in [3.8, 4) is 0 Å². The van der Waals surface area contributed by atoms with Crippen LogP contribution in [0.3, 0.4) is 0 Å². The second kappa shape index (κ2) is 6.74. The van der Waals surface area contributed by atoms with Gasteiger partial charge in [-0.25, -0.2) is 4.98 Å². The molecule has 0 bridgehead atoms. The molecule has 1 atom stereocenters. The van der Waals surface area contributed by atoms with E-state index in [2.05, 4.69) is 15.6 Å². The fourth-order valence-corrected chi connectivity index (χ4v) is 2.44. The number of aromatic nitrogens is 1. The minimum Gasteiger partial charge on any atom is -0.362 e. The van der Waals surface area contributed by atoms with Crippen LogP contribution in [0.1, 0.15) is 24.2 Å². The van der Waals surface area contributed by atoms with Gasteiger partial charge in [0.2, 0.25) is 5.91 Å². The number of ether oxygens (including phenoxy) is 1. The third kappa shape index (κ3) is 3.84. The summed E-state index contributed by atoms with van der Waals surface area (Å²) in [6.45, 7) is 3.85. The first-order valence-electron chi connectivity index (χ1n) is 7.25. The van der Waals surface area contributed by atoms with Crippen molar-refractivity contribution < 1.29 is 19.1 Å². The molecule has 8 nitrogen and oxygen atoms in total. The van der Waals surface area contributed by atoms with Crippen molar-refractivity contribution in [1.82, 2.24) is 15.2 Å². The third-order valence-electron chi connectivity index (χ3n) is 3.58. The molecule has 2 rings (SSSR count). The topological polar surface area (TPSA) is 101 Å². The van der Waals surface area contributed by atoms with Gasteiger partial charge in [0.1, 0.15) is 5.82 Å². The Balaban J connectivity index is 2.16. The highest BCUT2D eigenvalue weighted by Gasteiger charge is 2.40. The van der Waals surface area contributed by atoms with Gasteiger partial charge in [-0.3, -0.25) is 14.4 Å². The molecule has 0 radical (unpaired) electrons. The van der Waals surface area contributed by atoms with E-state index in [0.29, 0.717) is 17.9 Å². The zero-order chi connectivity index (χ0) is 17.0. The normalized spacial score (nSPS) is 20.7. The molecule has 23 heavy (non-hydrogen) atoms. The van der Waals surface area contributed by atoms with E-state index in [1.54, 1.807) is 17.9 Å². The molecule has 0 aliphatic carbocycles. The summed E-state index contributed by atoms with van der Waals surface area (Å²) in [5, 5.41) is 5.08. The van der Waals surface area contributed by atoms with Gasteiger partial charge in [0.15, 0.2) is 5.60 Å². The number of anilines is 1. The van der Waals surface area contributed by atoms with Crippen LogP contribution in [-0.2, 0) is 14.3 Å². The standard InChI is InChI=1S/C15H20N4O4/c1-10(20)18-12-8-11(4-5-17-12)13(21)19-6-7-23-15(2,9-19)14(22)16-3/h4-5,8H,6-7,9H2,1-3H3,(H,16,22)(H,17,18,20)/t15-/m0/s1. The molecule has 1 aromatic rings. The minimum absolute atomic E-state index is 0.156. The smallest absolute Gasteiger partial charge is 0.254 e. The van der Waals surface area contributed by atoms with Crippen LogP contribution in [0, 0.1) is 0 Å². The molecule has 8 heteroatoms. The van der Waals surface area contributed by atoms with Crippen LogP contribution < -0.4 is 10.6 Å². The van der Waals surface area contributed by atoms with Gasteiger partial charge in [-0.15, -0.1) is 0 Å². The second-order valence-corrected chi connectivity index (χ2v) is 5.50. The quantitative estimate of drug-likeness (QED) is 0.817. The lowest BCUT2D eigenvalue weighted by Gasteiger charge is -2.39. The average molecular weight is 320 g/mol. The van der Waals surface area contributed by atoms with Crippen molar-refractivity contribution in [2.24, 2.45) is 0 Å². The Labute approximate surface area is 134 Å². The number of hydrogen-bond donors (Lipinski definition) is 2. The van der Waals surface area contributed by atoms with Crippen LogP contribution in [-0.4, -0.2) is 60.0 Å². The highest BCUT2D eigenvalue weighted by molar-refractivity contribution is 5.97. The number of rotatable bonds is 3. The fourth-order valence-electron chi connectivity index (χ4n) is 2.44. The van der Waals surface area contributed by atoms with Crippen molar-refractivity contribution in [2.75, 3.05) is 32.1 Å².